The number of ether oxygens (including phenoxy) is 6. The van der Waals surface area contributed by atoms with Crippen molar-refractivity contribution in [3.63, 3.8) is 0 Å². The summed E-state index contributed by atoms with van der Waals surface area (Å²) >= 11 is 0. The number of aliphatic hydroxyl groups excluding tert-OH is 7. The lowest BCUT2D eigenvalue weighted by atomic mass is 9.98. The molecule has 470 valence electrons. The van der Waals surface area contributed by atoms with E-state index in [0.717, 1.165) is 32.1 Å². The summed E-state index contributed by atoms with van der Waals surface area (Å²) in [4.78, 5) is 26.0. The van der Waals surface area contributed by atoms with E-state index in [-0.39, 0.29) is 26.1 Å². The highest BCUT2D eigenvalue weighted by Crippen LogP contribution is 2.27. The molecule has 2 aliphatic rings. The van der Waals surface area contributed by atoms with Gasteiger partial charge in [-0.25, -0.2) is 0 Å². The largest absolute Gasteiger partial charge is 0.462 e. The first-order valence-corrected chi connectivity index (χ1v) is 32.9. The molecular formula is C65H120O15. The van der Waals surface area contributed by atoms with Crippen molar-refractivity contribution in [3.05, 3.63) is 24.3 Å². The van der Waals surface area contributed by atoms with Crippen LogP contribution in [-0.2, 0) is 38.0 Å². The number of hydrogen-bond acceptors (Lipinski definition) is 15. The molecule has 2 fully saturated rings. The number of aliphatic hydroxyl groups is 7. The first kappa shape index (κ1) is 74.1. The van der Waals surface area contributed by atoms with Crippen LogP contribution in [0.5, 0.6) is 0 Å². The van der Waals surface area contributed by atoms with E-state index in [4.69, 9.17) is 28.4 Å². The Hall–Kier alpha value is -2.02. The zero-order chi connectivity index (χ0) is 58.1. The summed E-state index contributed by atoms with van der Waals surface area (Å²) in [5.41, 5.74) is 0. The Bertz CT molecular complexity index is 1480. The van der Waals surface area contributed by atoms with Crippen molar-refractivity contribution in [1.29, 1.82) is 0 Å². The van der Waals surface area contributed by atoms with Gasteiger partial charge >= 0.3 is 11.9 Å². The molecule has 0 aromatic rings. The standard InChI is InChI=1S/C65H120O15/c1-3-5-7-9-11-13-15-17-19-21-23-25-26-28-30-32-34-36-38-40-42-44-46-48-57(68)78-53(51-76-64-63(74)61(72)59(70)55(80-64)52-77-65-62(73)60(71)58(69)54(49-66)79-65)50-75-56(67)47-45-43-41-39-37-35-33-31-29-27-24-22-20-18-16-14-12-10-8-6-4-2/h18,20,40,42,53-55,58-66,69-74H,3-17,19,21-39,41,43-52H2,1-2H3/b20-18+,42-40+/t53-,54+,55+,58-,59-,60?,61?,62?,63?,64+,65+/m1/s1. The van der Waals surface area contributed by atoms with Crippen LogP contribution in [-0.4, -0.2) is 142 Å². The Morgan fingerprint density at radius 1 is 0.388 bits per heavy atom. The number of allylic oxidation sites excluding steroid dienone is 4. The van der Waals surface area contributed by atoms with Gasteiger partial charge in [0.15, 0.2) is 18.7 Å². The summed E-state index contributed by atoms with van der Waals surface area (Å²) in [5.74, 6) is -0.947. The molecule has 0 spiro atoms. The molecule has 0 aromatic carbocycles. The van der Waals surface area contributed by atoms with E-state index in [1.165, 1.54) is 205 Å². The van der Waals surface area contributed by atoms with Gasteiger partial charge in [0.25, 0.3) is 0 Å². The molecule has 0 saturated carbocycles. The monoisotopic (exact) mass is 1140 g/mol. The molecule has 0 aliphatic carbocycles. The average molecular weight is 1140 g/mol. The second kappa shape index (κ2) is 51.4. The predicted octanol–water partition coefficient (Wildman–Crippen LogP) is 12.6. The van der Waals surface area contributed by atoms with Gasteiger partial charge in [-0.3, -0.25) is 9.59 Å². The first-order chi connectivity index (χ1) is 39.0. The maximum absolute atomic E-state index is 13.1. The molecule has 2 aliphatic heterocycles. The quantitative estimate of drug-likeness (QED) is 0.0171. The summed E-state index contributed by atoms with van der Waals surface area (Å²) in [5, 5.41) is 72.5. The van der Waals surface area contributed by atoms with Gasteiger partial charge in [0.1, 0.15) is 55.4 Å². The van der Waals surface area contributed by atoms with E-state index in [1.54, 1.807) is 0 Å². The molecule has 2 saturated heterocycles. The third-order valence-corrected chi connectivity index (χ3v) is 15.9. The third kappa shape index (κ3) is 37.3. The van der Waals surface area contributed by atoms with Gasteiger partial charge in [-0.1, -0.05) is 237 Å². The van der Waals surface area contributed by atoms with Crippen molar-refractivity contribution in [1.82, 2.24) is 0 Å². The minimum Gasteiger partial charge on any atom is -0.462 e. The maximum Gasteiger partial charge on any atom is 0.306 e. The Labute approximate surface area is 485 Å². The van der Waals surface area contributed by atoms with E-state index in [2.05, 4.69) is 38.2 Å². The minimum absolute atomic E-state index is 0.121. The van der Waals surface area contributed by atoms with Crippen LogP contribution in [0.3, 0.4) is 0 Å². The van der Waals surface area contributed by atoms with Crippen molar-refractivity contribution < 1.29 is 73.8 Å². The molecule has 15 heteroatoms. The van der Waals surface area contributed by atoms with E-state index in [0.29, 0.717) is 19.3 Å². The number of carbonyl (C=O) groups is 2. The van der Waals surface area contributed by atoms with Crippen LogP contribution >= 0.6 is 0 Å². The van der Waals surface area contributed by atoms with Crippen LogP contribution < -0.4 is 0 Å². The molecule has 0 amide bonds. The lowest BCUT2D eigenvalue weighted by molar-refractivity contribution is -0.332. The Kier molecular flexibility index (Phi) is 47.6. The lowest BCUT2D eigenvalue weighted by Crippen LogP contribution is -2.61. The summed E-state index contributed by atoms with van der Waals surface area (Å²) in [6.45, 7) is 2.63. The topological polar surface area (TPSA) is 231 Å². The van der Waals surface area contributed by atoms with Crippen LogP contribution in [0.1, 0.15) is 284 Å². The van der Waals surface area contributed by atoms with E-state index < -0.39 is 92.7 Å². The number of rotatable bonds is 54. The summed E-state index contributed by atoms with van der Waals surface area (Å²) in [6, 6.07) is 0. The number of unbranched alkanes of at least 4 members (excludes halogenated alkanes) is 36. The van der Waals surface area contributed by atoms with Gasteiger partial charge < -0.3 is 64.2 Å². The number of hydrogen-bond donors (Lipinski definition) is 7. The predicted molar refractivity (Wildman–Crippen MR) is 317 cm³/mol. The second-order valence-electron chi connectivity index (χ2n) is 23.3. The highest BCUT2D eigenvalue weighted by atomic mass is 16.7. The molecule has 4 unspecified atom stereocenters. The number of carbonyl (C=O) groups excluding carboxylic acids is 2. The smallest absolute Gasteiger partial charge is 0.306 e. The zero-order valence-electron chi connectivity index (χ0n) is 50.6. The fourth-order valence-corrected chi connectivity index (χ4v) is 10.6. The maximum atomic E-state index is 13.1. The molecular weight excluding hydrogens is 1020 g/mol. The summed E-state index contributed by atoms with van der Waals surface area (Å²) < 4.78 is 33.8. The SMILES string of the molecule is CCCCCCCC/C=C/CCCCCCCCCCCCCC(=O)OC[C@H](CO[C@H]1O[C@@H](CO[C@H]2O[C@@H](CO)[C@@H](O)C(O)C2O)[C@@H](O)C(O)C1O)OC(=O)CCC/C=C/CCCCCCCCCCCCCCCCCCCC. The van der Waals surface area contributed by atoms with Crippen molar-refractivity contribution >= 4 is 11.9 Å². The molecule has 2 heterocycles. The van der Waals surface area contributed by atoms with Crippen molar-refractivity contribution in [2.24, 2.45) is 0 Å². The van der Waals surface area contributed by atoms with Crippen LogP contribution in [0.2, 0.25) is 0 Å². The summed E-state index contributed by atoms with van der Waals surface area (Å²) in [7, 11) is 0. The van der Waals surface area contributed by atoms with E-state index in [1.807, 2.05) is 0 Å². The number of esters is 2. The highest BCUT2D eigenvalue weighted by Gasteiger charge is 2.47. The average Bonchev–Trinajstić information content (AvgIpc) is 3.50. The molecule has 11 atom stereocenters. The Balaban J connectivity index is 1.70. The van der Waals surface area contributed by atoms with Crippen LogP contribution in [0, 0.1) is 0 Å². The van der Waals surface area contributed by atoms with Gasteiger partial charge in [0.05, 0.1) is 19.8 Å². The molecule has 0 radical (unpaired) electrons. The van der Waals surface area contributed by atoms with Crippen LogP contribution in [0.15, 0.2) is 24.3 Å². The second-order valence-corrected chi connectivity index (χ2v) is 23.3. The Morgan fingerprint density at radius 3 is 1.14 bits per heavy atom. The molecule has 80 heavy (non-hydrogen) atoms. The van der Waals surface area contributed by atoms with Gasteiger partial charge in [0, 0.05) is 12.8 Å². The van der Waals surface area contributed by atoms with E-state index in [9.17, 15) is 45.3 Å². The lowest BCUT2D eigenvalue weighted by Gasteiger charge is -2.42. The fourth-order valence-electron chi connectivity index (χ4n) is 10.6. The third-order valence-electron chi connectivity index (χ3n) is 15.9. The van der Waals surface area contributed by atoms with Gasteiger partial charge in [-0.05, 0) is 57.8 Å². The normalized spacial score (nSPS) is 23.8. The highest BCUT2D eigenvalue weighted by molar-refractivity contribution is 5.70. The molecule has 7 N–H and O–H groups in total. The first-order valence-electron chi connectivity index (χ1n) is 32.9. The van der Waals surface area contributed by atoms with E-state index >= 15 is 0 Å². The molecule has 15 nitrogen and oxygen atoms in total. The molecule has 0 aromatic heterocycles. The zero-order valence-corrected chi connectivity index (χ0v) is 50.6. The van der Waals surface area contributed by atoms with Crippen molar-refractivity contribution in [2.75, 3.05) is 26.4 Å². The fraction of sp³-hybridized carbons (Fsp3) is 0.908. The van der Waals surface area contributed by atoms with Crippen LogP contribution in [0.4, 0.5) is 0 Å². The van der Waals surface area contributed by atoms with Gasteiger partial charge in [-0.2, -0.15) is 0 Å². The van der Waals surface area contributed by atoms with Gasteiger partial charge in [-0.15, -0.1) is 0 Å². The molecule has 2 rings (SSSR count). The van der Waals surface area contributed by atoms with Gasteiger partial charge in [0.2, 0.25) is 0 Å². The van der Waals surface area contributed by atoms with Crippen molar-refractivity contribution in [3.8, 4) is 0 Å². The Morgan fingerprint density at radius 2 is 0.725 bits per heavy atom. The van der Waals surface area contributed by atoms with Crippen LogP contribution in [0.25, 0.3) is 0 Å². The molecule has 0 bridgehead atoms. The summed E-state index contributed by atoms with van der Waals surface area (Å²) in [6.07, 6.45) is 42.1. The van der Waals surface area contributed by atoms with Crippen molar-refractivity contribution in [2.45, 2.75) is 351 Å². The minimum atomic E-state index is -1.77.